The fourth-order valence-corrected chi connectivity index (χ4v) is 4.34. The fraction of sp³-hybridized carbons (Fsp3) is 0.500. The average molecular weight is 422 g/mol. The zero-order chi connectivity index (χ0) is 20.4. The van der Waals surface area contributed by atoms with Crippen LogP contribution in [0.2, 0.25) is 0 Å². The Balaban J connectivity index is 1.57. The second-order valence-corrected chi connectivity index (χ2v) is 8.61. The number of benzene rings is 1. The lowest BCUT2D eigenvalue weighted by Gasteiger charge is -2.28. The minimum absolute atomic E-state index is 0.0416. The Hall–Kier alpha value is -2.50. The normalized spacial score (nSPS) is 19.3. The van der Waals surface area contributed by atoms with Gasteiger partial charge in [-0.2, -0.15) is 4.98 Å². The number of ether oxygens (including phenoxy) is 2. The van der Waals surface area contributed by atoms with E-state index in [1.54, 1.807) is 6.07 Å². The molecule has 1 aromatic heterocycles. The van der Waals surface area contributed by atoms with Crippen LogP contribution in [0.5, 0.6) is 5.75 Å². The smallest absolute Gasteiger partial charge is 0.265 e. The largest absolute Gasteiger partial charge is 0.482 e. The standard InChI is InChI=1S/C18H22N4O6S/c1-2-17-20-16(21-28-17)10-22-14-8-13(5-6-15(14)27-11-18(22)23)29(24,25)19-9-12-4-3-7-26-12/h5-6,8,12,19H,2-4,7,9-11H2,1H3/t12-/m1/s1. The van der Waals surface area contributed by atoms with E-state index in [1.807, 2.05) is 6.92 Å². The molecule has 0 spiro atoms. The number of rotatable bonds is 7. The molecule has 0 radical (unpaired) electrons. The molecule has 1 N–H and O–H groups in total. The molecule has 0 unspecified atom stereocenters. The Bertz CT molecular complexity index is 1000. The van der Waals surface area contributed by atoms with E-state index in [9.17, 15) is 13.2 Å². The van der Waals surface area contributed by atoms with Crippen molar-refractivity contribution < 1.29 is 27.2 Å². The summed E-state index contributed by atoms with van der Waals surface area (Å²) in [7, 11) is -3.77. The molecule has 1 amide bonds. The number of nitrogens with zero attached hydrogens (tertiary/aromatic N) is 3. The van der Waals surface area contributed by atoms with Crippen LogP contribution in [0.15, 0.2) is 27.6 Å². The molecular formula is C18H22N4O6S. The first-order chi connectivity index (χ1) is 14.0. The summed E-state index contributed by atoms with van der Waals surface area (Å²) in [4.78, 5) is 18.1. The summed E-state index contributed by atoms with van der Waals surface area (Å²) in [6, 6.07) is 4.42. The van der Waals surface area contributed by atoms with Crippen LogP contribution in [0.4, 0.5) is 5.69 Å². The number of hydrogen-bond acceptors (Lipinski definition) is 8. The van der Waals surface area contributed by atoms with Crippen molar-refractivity contribution in [3.63, 3.8) is 0 Å². The number of anilines is 1. The van der Waals surface area contributed by atoms with E-state index < -0.39 is 10.0 Å². The predicted octanol–water partition coefficient (Wildman–Crippen LogP) is 1.01. The van der Waals surface area contributed by atoms with Crippen molar-refractivity contribution in [1.29, 1.82) is 0 Å². The van der Waals surface area contributed by atoms with Gasteiger partial charge in [0.1, 0.15) is 5.75 Å². The second kappa shape index (κ2) is 8.09. The summed E-state index contributed by atoms with van der Waals surface area (Å²) in [6.45, 7) is 2.66. The summed E-state index contributed by atoms with van der Waals surface area (Å²) in [5.74, 6) is 0.910. The van der Waals surface area contributed by atoms with Gasteiger partial charge >= 0.3 is 0 Å². The van der Waals surface area contributed by atoms with Gasteiger partial charge in [0.05, 0.1) is 23.2 Å². The van der Waals surface area contributed by atoms with E-state index in [0.29, 0.717) is 36.2 Å². The maximum atomic E-state index is 12.7. The van der Waals surface area contributed by atoms with Gasteiger partial charge in [0.2, 0.25) is 15.9 Å². The minimum atomic E-state index is -3.77. The van der Waals surface area contributed by atoms with E-state index >= 15 is 0 Å². The third-order valence-electron chi connectivity index (χ3n) is 4.82. The maximum Gasteiger partial charge on any atom is 0.265 e. The molecule has 0 bridgehead atoms. The van der Waals surface area contributed by atoms with Gasteiger partial charge in [-0.05, 0) is 31.0 Å². The van der Waals surface area contributed by atoms with Crippen molar-refractivity contribution in [2.24, 2.45) is 0 Å². The van der Waals surface area contributed by atoms with E-state index in [2.05, 4.69) is 14.9 Å². The molecule has 11 heteroatoms. The quantitative estimate of drug-likeness (QED) is 0.701. The average Bonchev–Trinajstić information content (AvgIpc) is 3.40. The summed E-state index contributed by atoms with van der Waals surface area (Å²) in [5, 5.41) is 3.87. The van der Waals surface area contributed by atoms with Gasteiger partial charge in [-0.3, -0.25) is 9.69 Å². The first-order valence-electron chi connectivity index (χ1n) is 9.46. The van der Waals surface area contributed by atoms with Crippen LogP contribution in [-0.2, 0) is 32.5 Å². The van der Waals surface area contributed by atoms with Gasteiger partial charge in [-0.15, -0.1) is 0 Å². The van der Waals surface area contributed by atoms with Crippen molar-refractivity contribution >= 4 is 21.6 Å². The van der Waals surface area contributed by atoms with E-state index in [1.165, 1.54) is 17.0 Å². The van der Waals surface area contributed by atoms with Crippen LogP contribution >= 0.6 is 0 Å². The zero-order valence-electron chi connectivity index (χ0n) is 16.0. The minimum Gasteiger partial charge on any atom is -0.482 e. The molecule has 1 saturated heterocycles. The third kappa shape index (κ3) is 4.26. The van der Waals surface area contributed by atoms with Crippen molar-refractivity contribution in [2.75, 3.05) is 24.7 Å². The Morgan fingerprint density at radius 3 is 2.93 bits per heavy atom. The first kappa shape index (κ1) is 19.8. The Labute approximate surface area is 168 Å². The van der Waals surface area contributed by atoms with Crippen LogP contribution in [0.3, 0.4) is 0 Å². The van der Waals surface area contributed by atoms with Gasteiger partial charge in [-0.1, -0.05) is 12.1 Å². The number of nitrogens with one attached hydrogen (secondary N) is 1. The zero-order valence-corrected chi connectivity index (χ0v) is 16.8. The van der Waals surface area contributed by atoms with Crippen molar-refractivity contribution in [3.8, 4) is 5.75 Å². The molecule has 1 aromatic carbocycles. The predicted molar refractivity (Wildman–Crippen MR) is 101 cm³/mol. The molecule has 0 aliphatic carbocycles. The molecule has 2 aliphatic heterocycles. The summed E-state index contributed by atoms with van der Waals surface area (Å²) in [5.41, 5.74) is 0.351. The molecule has 10 nitrogen and oxygen atoms in total. The third-order valence-corrected chi connectivity index (χ3v) is 6.24. The molecule has 0 saturated carbocycles. The molecule has 2 aliphatic rings. The van der Waals surface area contributed by atoms with Crippen LogP contribution < -0.4 is 14.4 Å². The highest BCUT2D eigenvalue weighted by Gasteiger charge is 2.29. The van der Waals surface area contributed by atoms with Gasteiger partial charge < -0.3 is 14.0 Å². The molecule has 2 aromatic rings. The molecule has 29 heavy (non-hydrogen) atoms. The highest BCUT2D eigenvalue weighted by Crippen LogP contribution is 2.35. The molecule has 3 heterocycles. The Kier molecular flexibility index (Phi) is 5.52. The van der Waals surface area contributed by atoms with Gasteiger partial charge in [0.25, 0.3) is 5.91 Å². The SMILES string of the molecule is CCc1nc(CN2C(=O)COc3ccc(S(=O)(=O)NC[C@H]4CCCO4)cc32)no1. The number of aromatic nitrogens is 2. The number of sulfonamides is 1. The topological polar surface area (TPSA) is 124 Å². The molecule has 1 atom stereocenters. The molecule has 1 fully saturated rings. The highest BCUT2D eigenvalue weighted by atomic mass is 32.2. The van der Waals surface area contributed by atoms with Crippen LogP contribution in [-0.4, -0.2) is 50.3 Å². The molecule has 156 valence electrons. The van der Waals surface area contributed by atoms with Gasteiger partial charge in [0.15, 0.2) is 12.4 Å². The van der Waals surface area contributed by atoms with E-state index in [0.717, 1.165) is 12.8 Å². The summed E-state index contributed by atoms with van der Waals surface area (Å²) >= 11 is 0. The van der Waals surface area contributed by atoms with Crippen molar-refractivity contribution in [2.45, 2.75) is 43.7 Å². The number of carbonyl (C=O) groups is 1. The number of fused-ring (bicyclic) bond motifs is 1. The number of aryl methyl sites for hydroxylation is 1. The van der Waals surface area contributed by atoms with E-state index in [-0.39, 0.29) is 36.6 Å². The van der Waals surface area contributed by atoms with Crippen LogP contribution in [0.25, 0.3) is 0 Å². The van der Waals surface area contributed by atoms with Crippen LogP contribution in [0, 0.1) is 0 Å². The van der Waals surface area contributed by atoms with Crippen molar-refractivity contribution in [1.82, 2.24) is 14.9 Å². The molecular weight excluding hydrogens is 400 g/mol. The number of hydrogen-bond donors (Lipinski definition) is 1. The first-order valence-corrected chi connectivity index (χ1v) is 10.9. The fourth-order valence-electron chi connectivity index (χ4n) is 3.25. The van der Waals surface area contributed by atoms with Crippen LogP contribution in [0.1, 0.15) is 31.5 Å². The number of amides is 1. The number of carbonyl (C=O) groups excluding carboxylic acids is 1. The Morgan fingerprint density at radius 2 is 2.21 bits per heavy atom. The van der Waals surface area contributed by atoms with Gasteiger partial charge in [-0.25, -0.2) is 13.1 Å². The summed E-state index contributed by atoms with van der Waals surface area (Å²) < 4.78 is 44.0. The summed E-state index contributed by atoms with van der Waals surface area (Å²) in [6.07, 6.45) is 2.22. The maximum absolute atomic E-state index is 12.7. The van der Waals surface area contributed by atoms with Crippen molar-refractivity contribution in [3.05, 3.63) is 29.9 Å². The highest BCUT2D eigenvalue weighted by molar-refractivity contribution is 7.89. The lowest BCUT2D eigenvalue weighted by molar-refractivity contribution is -0.121. The monoisotopic (exact) mass is 422 g/mol. The lowest BCUT2D eigenvalue weighted by atomic mass is 10.2. The lowest BCUT2D eigenvalue weighted by Crippen LogP contribution is -2.39. The van der Waals surface area contributed by atoms with E-state index in [4.69, 9.17) is 14.0 Å². The molecule has 4 rings (SSSR count). The second-order valence-electron chi connectivity index (χ2n) is 6.84. The Morgan fingerprint density at radius 1 is 1.34 bits per heavy atom. The van der Waals surface area contributed by atoms with Gasteiger partial charge in [0, 0.05) is 19.6 Å².